The van der Waals surface area contributed by atoms with Crippen molar-refractivity contribution < 1.29 is 4.79 Å². The first-order chi connectivity index (χ1) is 12.4. The normalized spacial score (nSPS) is 11.0. The van der Waals surface area contributed by atoms with E-state index in [0.29, 0.717) is 10.9 Å². The predicted octanol–water partition coefficient (Wildman–Crippen LogP) is 4.18. The van der Waals surface area contributed by atoms with Gasteiger partial charge >= 0.3 is 0 Å². The molecule has 0 aliphatic rings. The highest BCUT2D eigenvalue weighted by Crippen LogP contribution is 2.23. The molecule has 0 aliphatic carbocycles. The standard InChI is InChI=1S/C20H22N4OS/c1-12-6-7-18(16(5)8-12)24-20(21-22-23-24)26-11-19(25)17-10-14(3)13(2)9-15(17)4/h6-10H,11H2,1-5H3. The van der Waals surface area contributed by atoms with Crippen LogP contribution in [0.25, 0.3) is 5.69 Å². The summed E-state index contributed by atoms with van der Waals surface area (Å²) in [6.07, 6.45) is 0. The van der Waals surface area contributed by atoms with Crippen LogP contribution in [0.5, 0.6) is 0 Å². The first-order valence-electron chi connectivity index (χ1n) is 8.46. The van der Waals surface area contributed by atoms with Crippen LogP contribution < -0.4 is 0 Å². The summed E-state index contributed by atoms with van der Waals surface area (Å²) in [5.41, 5.74) is 7.32. The Morgan fingerprint density at radius 1 is 0.962 bits per heavy atom. The van der Waals surface area contributed by atoms with E-state index in [1.807, 2.05) is 39.0 Å². The number of thioether (sulfide) groups is 1. The van der Waals surface area contributed by atoms with E-state index >= 15 is 0 Å². The Balaban J connectivity index is 1.80. The Morgan fingerprint density at radius 2 is 1.69 bits per heavy atom. The minimum atomic E-state index is 0.0887. The molecule has 0 N–H and O–H groups in total. The number of benzene rings is 2. The zero-order chi connectivity index (χ0) is 18.8. The number of rotatable bonds is 5. The number of ketones is 1. The Labute approximate surface area is 157 Å². The SMILES string of the molecule is Cc1ccc(-n2nnnc2SCC(=O)c2cc(C)c(C)cc2C)c(C)c1. The second-order valence-corrected chi connectivity index (χ2v) is 7.57. The number of aryl methyl sites for hydroxylation is 5. The summed E-state index contributed by atoms with van der Waals surface area (Å²) in [4.78, 5) is 12.7. The summed E-state index contributed by atoms with van der Waals surface area (Å²) in [5.74, 6) is 0.389. The number of carbonyl (C=O) groups excluding carboxylic acids is 1. The number of nitrogens with zero attached hydrogens (tertiary/aromatic N) is 4. The molecule has 0 amide bonds. The van der Waals surface area contributed by atoms with Gasteiger partial charge in [0.05, 0.1) is 11.4 Å². The highest BCUT2D eigenvalue weighted by Gasteiger charge is 2.16. The van der Waals surface area contributed by atoms with Crippen LogP contribution in [0.15, 0.2) is 35.5 Å². The molecule has 0 atom stereocenters. The molecule has 26 heavy (non-hydrogen) atoms. The molecule has 0 spiro atoms. The third-order valence-electron chi connectivity index (χ3n) is 4.49. The van der Waals surface area contributed by atoms with Crippen LogP contribution in [0.2, 0.25) is 0 Å². The molecule has 5 nitrogen and oxygen atoms in total. The summed E-state index contributed by atoms with van der Waals surface area (Å²) in [5, 5.41) is 12.6. The van der Waals surface area contributed by atoms with Gasteiger partial charge in [-0.3, -0.25) is 4.79 Å². The fraction of sp³-hybridized carbons (Fsp3) is 0.300. The molecule has 0 unspecified atom stereocenters. The van der Waals surface area contributed by atoms with Crippen LogP contribution >= 0.6 is 11.8 Å². The smallest absolute Gasteiger partial charge is 0.214 e. The van der Waals surface area contributed by atoms with E-state index in [0.717, 1.165) is 27.9 Å². The topological polar surface area (TPSA) is 60.7 Å². The maximum atomic E-state index is 12.7. The van der Waals surface area contributed by atoms with Crippen LogP contribution in [0, 0.1) is 34.6 Å². The monoisotopic (exact) mass is 366 g/mol. The molecule has 0 aliphatic heterocycles. The van der Waals surface area contributed by atoms with Crippen molar-refractivity contribution in [3.63, 3.8) is 0 Å². The van der Waals surface area contributed by atoms with Crippen LogP contribution in [-0.2, 0) is 0 Å². The van der Waals surface area contributed by atoms with Gasteiger partial charge in [-0.15, -0.1) is 5.10 Å². The molecule has 3 rings (SSSR count). The average molecular weight is 366 g/mol. The highest BCUT2D eigenvalue weighted by atomic mass is 32.2. The van der Waals surface area contributed by atoms with Crippen LogP contribution in [0.1, 0.15) is 38.2 Å². The molecule has 0 saturated carbocycles. The maximum Gasteiger partial charge on any atom is 0.214 e. The first kappa shape index (κ1) is 18.3. The minimum Gasteiger partial charge on any atom is -0.293 e. The first-order valence-corrected chi connectivity index (χ1v) is 9.45. The largest absolute Gasteiger partial charge is 0.293 e. The van der Waals surface area contributed by atoms with Gasteiger partial charge in [0.2, 0.25) is 5.16 Å². The zero-order valence-electron chi connectivity index (χ0n) is 15.7. The molecule has 134 valence electrons. The molecule has 0 radical (unpaired) electrons. The van der Waals surface area contributed by atoms with Gasteiger partial charge < -0.3 is 0 Å². The fourth-order valence-electron chi connectivity index (χ4n) is 2.93. The van der Waals surface area contributed by atoms with Gasteiger partial charge in [-0.2, -0.15) is 4.68 Å². The van der Waals surface area contributed by atoms with Crippen LogP contribution in [0.3, 0.4) is 0 Å². The third-order valence-corrected chi connectivity index (χ3v) is 5.41. The highest BCUT2D eigenvalue weighted by molar-refractivity contribution is 7.99. The van der Waals surface area contributed by atoms with E-state index in [2.05, 4.69) is 41.5 Å². The van der Waals surface area contributed by atoms with E-state index in [9.17, 15) is 4.79 Å². The van der Waals surface area contributed by atoms with Gasteiger partial charge in [0.1, 0.15) is 0 Å². The molecule has 2 aromatic carbocycles. The fourth-order valence-corrected chi connectivity index (χ4v) is 3.70. The van der Waals surface area contributed by atoms with Crippen molar-refractivity contribution in [3.05, 3.63) is 63.7 Å². The van der Waals surface area contributed by atoms with E-state index in [1.54, 1.807) is 4.68 Å². The lowest BCUT2D eigenvalue weighted by molar-refractivity contribution is 0.102. The summed E-state index contributed by atoms with van der Waals surface area (Å²) in [7, 11) is 0. The van der Waals surface area contributed by atoms with Gasteiger partial charge in [0, 0.05) is 5.56 Å². The predicted molar refractivity (Wildman–Crippen MR) is 104 cm³/mol. The molecule has 1 aromatic heterocycles. The summed E-state index contributed by atoms with van der Waals surface area (Å²) < 4.78 is 1.69. The number of Topliss-reactive ketones (excluding diaryl/α,β-unsaturated/α-hetero) is 1. The second kappa shape index (κ2) is 7.41. The maximum absolute atomic E-state index is 12.7. The Bertz CT molecular complexity index is 978. The Hall–Kier alpha value is -2.47. The van der Waals surface area contributed by atoms with Crippen molar-refractivity contribution in [2.75, 3.05) is 5.75 Å². The van der Waals surface area contributed by atoms with Gasteiger partial charge in [-0.1, -0.05) is 35.5 Å². The van der Waals surface area contributed by atoms with Crippen LogP contribution in [0.4, 0.5) is 0 Å². The van der Waals surface area contributed by atoms with Crippen molar-refractivity contribution in [1.29, 1.82) is 0 Å². The lowest BCUT2D eigenvalue weighted by atomic mass is 9.99. The van der Waals surface area contributed by atoms with E-state index < -0.39 is 0 Å². The molecule has 0 fully saturated rings. The summed E-state index contributed by atoms with van der Waals surface area (Å²) in [6, 6.07) is 10.2. The van der Waals surface area contributed by atoms with E-state index in [-0.39, 0.29) is 5.78 Å². The van der Waals surface area contributed by atoms with E-state index in [4.69, 9.17) is 0 Å². The van der Waals surface area contributed by atoms with Crippen molar-refractivity contribution in [3.8, 4) is 5.69 Å². The molecular formula is C20H22N4OS. The van der Waals surface area contributed by atoms with Crippen molar-refractivity contribution in [2.24, 2.45) is 0 Å². The molecule has 3 aromatic rings. The van der Waals surface area contributed by atoms with Gasteiger partial charge in [0.15, 0.2) is 5.78 Å². The molecule has 0 bridgehead atoms. The molecule has 1 heterocycles. The third kappa shape index (κ3) is 3.70. The van der Waals surface area contributed by atoms with Crippen LogP contribution in [-0.4, -0.2) is 31.7 Å². The average Bonchev–Trinajstić information content (AvgIpc) is 3.04. The summed E-state index contributed by atoms with van der Waals surface area (Å²) in [6.45, 7) is 10.1. The lowest BCUT2D eigenvalue weighted by Crippen LogP contribution is -2.08. The Kier molecular flexibility index (Phi) is 5.23. The van der Waals surface area contributed by atoms with E-state index in [1.165, 1.54) is 22.9 Å². The van der Waals surface area contributed by atoms with Crippen molar-refractivity contribution >= 4 is 17.5 Å². The number of tetrazole rings is 1. The van der Waals surface area contributed by atoms with Gasteiger partial charge in [0.25, 0.3) is 0 Å². The van der Waals surface area contributed by atoms with Crippen molar-refractivity contribution in [2.45, 2.75) is 39.8 Å². The number of carbonyl (C=O) groups is 1. The quantitative estimate of drug-likeness (QED) is 0.501. The number of hydrogen-bond acceptors (Lipinski definition) is 5. The zero-order valence-corrected chi connectivity index (χ0v) is 16.5. The second-order valence-electron chi connectivity index (χ2n) is 6.63. The molecule has 0 saturated heterocycles. The number of aromatic nitrogens is 4. The molecule has 6 heteroatoms. The van der Waals surface area contributed by atoms with Crippen molar-refractivity contribution in [1.82, 2.24) is 20.2 Å². The number of hydrogen-bond donors (Lipinski definition) is 0. The van der Waals surface area contributed by atoms with Gasteiger partial charge in [-0.05, 0) is 79.4 Å². The van der Waals surface area contributed by atoms with Gasteiger partial charge in [-0.25, -0.2) is 0 Å². The lowest BCUT2D eigenvalue weighted by Gasteiger charge is -2.10. The summed E-state index contributed by atoms with van der Waals surface area (Å²) >= 11 is 1.36. The molecular weight excluding hydrogens is 344 g/mol. The minimum absolute atomic E-state index is 0.0887. The Morgan fingerprint density at radius 3 is 2.42 bits per heavy atom.